The lowest BCUT2D eigenvalue weighted by Gasteiger charge is -2.42. The van der Waals surface area contributed by atoms with Crippen molar-refractivity contribution in [3.63, 3.8) is 0 Å². The molecule has 0 aliphatic heterocycles. The summed E-state index contributed by atoms with van der Waals surface area (Å²) in [6, 6.07) is 13.1. The van der Waals surface area contributed by atoms with Crippen LogP contribution in [0.15, 0.2) is 59.7 Å². The minimum absolute atomic E-state index is 0.0198. The van der Waals surface area contributed by atoms with E-state index in [0.717, 1.165) is 17.6 Å². The molecule has 1 amide bonds. The molecule has 1 aliphatic rings. The smallest absolute Gasteiger partial charge is 0.247 e. The van der Waals surface area contributed by atoms with Crippen molar-refractivity contribution in [1.29, 1.82) is 0 Å². The molecule has 0 bridgehead atoms. The highest BCUT2D eigenvalue weighted by atomic mass is 16.1. The number of aryl methyl sites for hydroxylation is 2. The zero-order valence-electron chi connectivity index (χ0n) is 21.9. The second-order valence-corrected chi connectivity index (χ2v) is 11.3. The molecule has 0 unspecified atom stereocenters. The molecule has 0 radical (unpaired) electrons. The first-order valence-electron chi connectivity index (χ1n) is 12.2. The summed E-state index contributed by atoms with van der Waals surface area (Å²) in [5.74, 6) is -0.0198. The van der Waals surface area contributed by atoms with Crippen molar-refractivity contribution >= 4 is 5.91 Å². The fourth-order valence-corrected chi connectivity index (χ4v) is 4.69. The van der Waals surface area contributed by atoms with Crippen LogP contribution in [0.25, 0.3) is 0 Å². The summed E-state index contributed by atoms with van der Waals surface area (Å²) in [5.41, 5.74) is 10.6. The average molecular weight is 444 g/mol. The van der Waals surface area contributed by atoms with Crippen molar-refractivity contribution in [3.05, 3.63) is 93.1 Å². The fraction of sp³-hybridized carbons (Fsp3) is 0.452. The summed E-state index contributed by atoms with van der Waals surface area (Å²) >= 11 is 0. The van der Waals surface area contributed by atoms with Gasteiger partial charge in [-0.15, -0.1) is 0 Å². The normalized spacial score (nSPS) is 17.5. The molecule has 2 nitrogen and oxygen atoms in total. The SMILES string of the molecule is C/C(=C\C=C(/C)C(=O)NCc1ccc(C)cc1)Cc1cc2c(cc1C)C(C)(C)CCC2(C)C. The van der Waals surface area contributed by atoms with Crippen molar-refractivity contribution in [1.82, 2.24) is 5.32 Å². The van der Waals surface area contributed by atoms with Gasteiger partial charge in [0.15, 0.2) is 0 Å². The lowest BCUT2D eigenvalue weighted by atomic mass is 9.62. The molecule has 0 fully saturated rings. The Morgan fingerprint density at radius 1 is 0.909 bits per heavy atom. The van der Waals surface area contributed by atoms with E-state index in [4.69, 9.17) is 0 Å². The Kier molecular flexibility index (Phi) is 7.36. The first-order valence-corrected chi connectivity index (χ1v) is 12.2. The zero-order valence-corrected chi connectivity index (χ0v) is 21.9. The second-order valence-electron chi connectivity index (χ2n) is 11.3. The molecule has 0 spiro atoms. The van der Waals surface area contributed by atoms with Gasteiger partial charge in [-0.25, -0.2) is 0 Å². The topological polar surface area (TPSA) is 29.1 Å². The van der Waals surface area contributed by atoms with E-state index in [0.29, 0.717) is 6.54 Å². The van der Waals surface area contributed by atoms with E-state index in [1.54, 1.807) is 0 Å². The molecule has 1 aliphatic carbocycles. The Labute approximate surface area is 201 Å². The molecule has 0 saturated carbocycles. The number of carbonyl (C=O) groups excluding carboxylic acids is 1. The number of carbonyl (C=O) groups is 1. The van der Waals surface area contributed by atoms with E-state index in [1.807, 2.05) is 13.0 Å². The maximum absolute atomic E-state index is 12.5. The third kappa shape index (κ3) is 6.05. The standard InChI is InChI=1S/C31H41NO/c1-21-10-13-25(14-11-21)20-32-29(33)23(3)12-9-22(2)17-26-19-28-27(18-24(26)4)30(5,6)15-16-31(28,7)8/h9-14,18-19H,15-17,20H2,1-8H3,(H,32,33)/b22-9+,23-12+. The first-order chi connectivity index (χ1) is 15.4. The van der Waals surface area contributed by atoms with E-state index in [9.17, 15) is 4.79 Å². The van der Waals surface area contributed by atoms with E-state index in [-0.39, 0.29) is 16.7 Å². The average Bonchev–Trinajstić information content (AvgIpc) is 2.75. The lowest BCUT2D eigenvalue weighted by molar-refractivity contribution is -0.117. The van der Waals surface area contributed by atoms with Gasteiger partial charge < -0.3 is 5.32 Å². The summed E-state index contributed by atoms with van der Waals surface area (Å²) in [4.78, 5) is 12.5. The van der Waals surface area contributed by atoms with E-state index in [1.165, 1.54) is 46.2 Å². The van der Waals surface area contributed by atoms with Gasteiger partial charge in [0.05, 0.1) is 0 Å². The summed E-state index contributed by atoms with van der Waals surface area (Å²) in [7, 11) is 0. The molecule has 33 heavy (non-hydrogen) atoms. The minimum atomic E-state index is -0.0198. The molecule has 0 heterocycles. The van der Waals surface area contributed by atoms with Crippen LogP contribution in [0.3, 0.4) is 0 Å². The molecule has 1 N–H and O–H groups in total. The monoisotopic (exact) mass is 443 g/mol. The van der Waals surface area contributed by atoms with Crippen LogP contribution in [0.2, 0.25) is 0 Å². The largest absolute Gasteiger partial charge is 0.348 e. The maximum atomic E-state index is 12.5. The van der Waals surface area contributed by atoms with Crippen molar-refractivity contribution < 1.29 is 4.79 Å². The third-order valence-corrected chi connectivity index (χ3v) is 7.33. The van der Waals surface area contributed by atoms with Crippen LogP contribution in [-0.2, 0) is 28.6 Å². The quantitative estimate of drug-likeness (QED) is 0.366. The van der Waals surface area contributed by atoms with E-state index in [2.05, 4.69) is 96.3 Å². The van der Waals surface area contributed by atoms with Crippen molar-refractivity contribution in [2.24, 2.45) is 0 Å². The predicted molar refractivity (Wildman–Crippen MR) is 141 cm³/mol. The van der Waals surface area contributed by atoms with Crippen LogP contribution in [0.1, 0.15) is 87.8 Å². The number of benzene rings is 2. The van der Waals surface area contributed by atoms with Gasteiger partial charge in [-0.1, -0.05) is 87.4 Å². The van der Waals surface area contributed by atoms with Gasteiger partial charge in [-0.2, -0.15) is 0 Å². The summed E-state index contributed by atoms with van der Waals surface area (Å²) in [6.45, 7) is 18.4. The number of rotatable bonds is 6. The van der Waals surface area contributed by atoms with Gasteiger partial charge in [-0.3, -0.25) is 4.79 Å². The van der Waals surface area contributed by atoms with Crippen LogP contribution in [0.5, 0.6) is 0 Å². The maximum Gasteiger partial charge on any atom is 0.247 e. The zero-order chi connectivity index (χ0) is 24.4. The second kappa shape index (κ2) is 9.71. The lowest BCUT2D eigenvalue weighted by Crippen LogP contribution is -2.34. The molecular formula is C31H41NO. The molecule has 3 rings (SSSR count). The molecule has 0 saturated heterocycles. The van der Waals surface area contributed by atoms with Crippen LogP contribution in [0, 0.1) is 13.8 Å². The number of fused-ring (bicyclic) bond motifs is 1. The fourth-order valence-electron chi connectivity index (χ4n) is 4.69. The van der Waals surface area contributed by atoms with E-state index < -0.39 is 0 Å². The van der Waals surface area contributed by atoms with Crippen LogP contribution >= 0.6 is 0 Å². The molecular weight excluding hydrogens is 402 g/mol. The van der Waals surface area contributed by atoms with Gasteiger partial charge >= 0.3 is 0 Å². The van der Waals surface area contributed by atoms with Gasteiger partial charge in [-0.05, 0) is 85.6 Å². The van der Waals surface area contributed by atoms with Crippen LogP contribution in [0.4, 0.5) is 0 Å². The predicted octanol–water partition coefficient (Wildman–Crippen LogP) is 7.40. The summed E-state index contributed by atoms with van der Waals surface area (Å²) in [5, 5.41) is 3.02. The first kappa shape index (κ1) is 25.0. The summed E-state index contributed by atoms with van der Waals surface area (Å²) in [6.07, 6.45) is 7.41. The highest BCUT2D eigenvalue weighted by Crippen LogP contribution is 2.46. The molecule has 176 valence electrons. The molecule has 2 aromatic carbocycles. The van der Waals surface area contributed by atoms with Gasteiger partial charge in [0.1, 0.15) is 0 Å². The van der Waals surface area contributed by atoms with Crippen molar-refractivity contribution in [2.45, 2.75) is 92.0 Å². The Morgan fingerprint density at radius 3 is 2.09 bits per heavy atom. The highest BCUT2D eigenvalue weighted by molar-refractivity contribution is 5.93. The Bertz CT molecular complexity index is 1080. The molecule has 2 aromatic rings. The van der Waals surface area contributed by atoms with Crippen LogP contribution < -0.4 is 5.32 Å². The molecule has 2 heteroatoms. The third-order valence-electron chi connectivity index (χ3n) is 7.33. The molecule has 0 atom stereocenters. The number of allylic oxidation sites excluding steroid dienone is 3. The van der Waals surface area contributed by atoms with Crippen molar-refractivity contribution in [2.75, 3.05) is 0 Å². The number of hydrogen-bond donors (Lipinski definition) is 1. The Morgan fingerprint density at radius 2 is 1.48 bits per heavy atom. The van der Waals surface area contributed by atoms with Gasteiger partial charge in [0.2, 0.25) is 5.91 Å². The van der Waals surface area contributed by atoms with Gasteiger partial charge in [0, 0.05) is 12.1 Å². The number of amides is 1. The summed E-state index contributed by atoms with van der Waals surface area (Å²) < 4.78 is 0. The highest BCUT2D eigenvalue weighted by Gasteiger charge is 2.37. The number of hydrogen-bond acceptors (Lipinski definition) is 1. The minimum Gasteiger partial charge on any atom is -0.348 e. The van der Waals surface area contributed by atoms with Crippen molar-refractivity contribution in [3.8, 4) is 0 Å². The van der Waals surface area contributed by atoms with E-state index >= 15 is 0 Å². The molecule has 0 aromatic heterocycles. The van der Waals surface area contributed by atoms with Crippen LogP contribution in [-0.4, -0.2) is 5.91 Å². The van der Waals surface area contributed by atoms with Gasteiger partial charge in [0.25, 0.3) is 0 Å². The Hall–Kier alpha value is -2.61. The Balaban J connectivity index is 1.70. The number of nitrogens with one attached hydrogen (secondary N) is 1.